The van der Waals surface area contributed by atoms with Gasteiger partial charge in [0.2, 0.25) is 5.91 Å². The number of hydrogen-bond donors (Lipinski definition) is 2. The van der Waals surface area contributed by atoms with Crippen LogP contribution < -0.4 is 19.7 Å². The van der Waals surface area contributed by atoms with Gasteiger partial charge in [-0.15, -0.1) is 0 Å². The van der Waals surface area contributed by atoms with Crippen molar-refractivity contribution in [2.45, 2.75) is 71.1 Å². The van der Waals surface area contributed by atoms with Gasteiger partial charge in [-0.3, -0.25) is 14.7 Å². The Bertz CT molecular complexity index is 1480. The number of benzene rings is 2. The SMILES string of the molecule is CCCOc1cc(-c2cn[nH]c2)ccc1CN(C(=O)[C@@H]1CCCN(c2cccc(OC(C)(C)C(=O)N3CC[NH2+]CC3)c2)C1)C1CC1. The van der Waals surface area contributed by atoms with Crippen molar-refractivity contribution in [3.63, 3.8) is 0 Å². The average molecular weight is 630 g/mol. The maximum Gasteiger partial charge on any atom is 0.266 e. The molecule has 0 unspecified atom stereocenters. The molecule has 2 amide bonds. The van der Waals surface area contributed by atoms with E-state index in [0.717, 1.165) is 93.0 Å². The van der Waals surface area contributed by atoms with Crippen molar-refractivity contribution in [2.75, 3.05) is 50.8 Å². The number of hydrogen-bond acceptors (Lipinski definition) is 6. The van der Waals surface area contributed by atoms with E-state index in [0.29, 0.717) is 25.4 Å². The summed E-state index contributed by atoms with van der Waals surface area (Å²) in [5.41, 5.74) is 3.15. The fourth-order valence-electron chi connectivity index (χ4n) is 6.64. The van der Waals surface area contributed by atoms with Gasteiger partial charge >= 0.3 is 0 Å². The molecule has 1 atom stereocenters. The molecule has 2 aromatic carbocycles. The summed E-state index contributed by atoms with van der Waals surface area (Å²) < 4.78 is 12.5. The number of piperazine rings is 1. The van der Waals surface area contributed by atoms with E-state index < -0.39 is 5.60 Å². The van der Waals surface area contributed by atoms with Crippen LogP contribution in [0.15, 0.2) is 54.9 Å². The van der Waals surface area contributed by atoms with Gasteiger partial charge < -0.3 is 29.5 Å². The van der Waals surface area contributed by atoms with E-state index in [2.05, 4.69) is 56.5 Å². The minimum atomic E-state index is -0.961. The van der Waals surface area contributed by atoms with Crippen molar-refractivity contribution in [1.82, 2.24) is 20.0 Å². The summed E-state index contributed by atoms with van der Waals surface area (Å²) in [4.78, 5) is 33.8. The number of nitrogens with two attached hydrogens (primary N) is 1. The molecule has 3 N–H and O–H groups in total. The van der Waals surface area contributed by atoms with Crippen LogP contribution in [0.3, 0.4) is 0 Å². The molecule has 246 valence electrons. The Kier molecular flexibility index (Phi) is 9.82. The van der Waals surface area contributed by atoms with Crippen LogP contribution in [-0.2, 0) is 16.1 Å². The first kappa shape index (κ1) is 31.9. The van der Waals surface area contributed by atoms with Crippen LogP contribution in [0, 0.1) is 5.92 Å². The number of carbonyl (C=O) groups is 2. The molecule has 2 saturated heterocycles. The zero-order valence-electron chi connectivity index (χ0n) is 27.5. The van der Waals surface area contributed by atoms with Gasteiger partial charge in [0.25, 0.3) is 5.91 Å². The second-order valence-corrected chi connectivity index (χ2v) is 13.4. The highest BCUT2D eigenvalue weighted by Gasteiger charge is 2.38. The summed E-state index contributed by atoms with van der Waals surface area (Å²) >= 11 is 0. The first-order valence-corrected chi connectivity index (χ1v) is 17.0. The molecule has 1 aliphatic carbocycles. The Morgan fingerprint density at radius 2 is 1.89 bits per heavy atom. The third kappa shape index (κ3) is 7.49. The van der Waals surface area contributed by atoms with Gasteiger partial charge in [0.15, 0.2) is 5.60 Å². The lowest BCUT2D eigenvalue weighted by Crippen LogP contribution is -2.90. The summed E-state index contributed by atoms with van der Waals surface area (Å²) in [5.74, 6) is 1.67. The highest BCUT2D eigenvalue weighted by atomic mass is 16.5. The molecule has 6 rings (SSSR count). The molecule has 0 spiro atoms. The lowest BCUT2D eigenvalue weighted by Gasteiger charge is -2.37. The first-order chi connectivity index (χ1) is 22.3. The van der Waals surface area contributed by atoms with Crippen LogP contribution in [0.1, 0.15) is 58.4 Å². The Morgan fingerprint density at radius 3 is 2.63 bits per heavy atom. The van der Waals surface area contributed by atoms with E-state index in [1.54, 1.807) is 0 Å². The molecule has 1 saturated carbocycles. The van der Waals surface area contributed by atoms with Crippen molar-refractivity contribution in [1.29, 1.82) is 0 Å². The van der Waals surface area contributed by atoms with Crippen molar-refractivity contribution < 1.29 is 24.4 Å². The third-order valence-electron chi connectivity index (χ3n) is 9.31. The van der Waals surface area contributed by atoms with Crippen molar-refractivity contribution in [3.8, 4) is 22.6 Å². The average Bonchev–Trinajstić information content (AvgIpc) is 3.78. The number of piperidine rings is 1. The quantitative estimate of drug-likeness (QED) is 0.316. The third-order valence-corrected chi connectivity index (χ3v) is 9.31. The Morgan fingerprint density at radius 1 is 1.07 bits per heavy atom. The molecule has 1 aromatic heterocycles. The van der Waals surface area contributed by atoms with Gasteiger partial charge in [-0.1, -0.05) is 25.1 Å². The monoisotopic (exact) mass is 629 g/mol. The van der Waals surface area contributed by atoms with E-state index in [1.807, 2.05) is 49.3 Å². The van der Waals surface area contributed by atoms with E-state index in [4.69, 9.17) is 9.47 Å². The largest absolute Gasteiger partial charge is 0.493 e. The van der Waals surface area contributed by atoms with Crippen LogP contribution >= 0.6 is 0 Å². The second-order valence-electron chi connectivity index (χ2n) is 13.4. The summed E-state index contributed by atoms with van der Waals surface area (Å²) in [5, 5.41) is 9.22. The molecule has 3 aliphatic rings. The van der Waals surface area contributed by atoms with Gasteiger partial charge in [-0.2, -0.15) is 5.10 Å². The van der Waals surface area contributed by atoms with Gasteiger partial charge in [0, 0.05) is 54.8 Å². The van der Waals surface area contributed by atoms with E-state index in [-0.39, 0.29) is 23.8 Å². The molecule has 0 bridgehead atoms. The number of aromatic nitrogens is 2. The lowest BCUT2D eigenvalue weighted by atomic mass is 9.95. The van der Waals surface area contributed by atoms with Crippen molar-refractivity contribution in [3.05, 3.63) is 60.4 Å². The topological polar surface area (TPSA) is 108 Å². The van der Waals surface area contributed by atoms with Crippen LogP contribution in [0.4, 0.5) is 5.69 Å². The molecule has 0 radical (unpaired) electrons. The zero-order chi connectivity index (χ0) is 32.1. The standard InChI is InChI=1S/C36H48N6O4/c1-4-19-45-33-20-26(29-22-38-39-23-29)10-11-27(33)25-42(30-12-13-30)34(43)28-7-6-16-41(24-28)31-8-5-9-32(21-31)46-36(2,3)35(44)40-17-14-37-15-18-40/h5,8-11,20-23,28,30,37H,4,6-7,12-19,24-25H2,1-3H3,(H,38,39)/p+1/t28-/m1/s1. The second kappa shape index (κ2) is 14.2. The molecular formula is C36H49N6O4+. The first-order valence-electron chi connectivity index (χ1n) is 17.0. The molecule has 3 fully saturated rings. The van der Waals surface area contributed by atoms with Gasteiger partial charge in [0.1, 0.15) is 11.5 Å². The predicted octanol–water partition coefficient (Wildman–Crippen LogP) is 3.84. The number of aromatic amines is 1. The molecule has 10 heteroatoms. The number of carbonyl (C=O) groups excluding carboxylic acids is 2. The molecular weight excluding hydrogens is 580 g/mol. The number of quaternary nitrogens is 1. The molecule has 3 heterocycles. The number of ether oxygens (including phenoxy) is 2. The van der Waals surface area contributed by atoms with Gasteiger partial charge in [-0.25, -0.2) is 0 Å². The number of nitrogens with zero attached hydrogens (tertiary/aromatic N) is 4. The highest BCUT2D eigenvalue weighted by molar-refractivity contribution is 5.85. The van der Waals surface area contributed by atoms with E-state index in [9.17, 15) is 9.59 Å². The predicted molar refractivity (Wildman–Crippen MR) is 178 cm³/mol. The Labute approximate surface area is 272 Å². The summed E-state index contributed by atoms with van der Waals surface area (Å²) in [6.45, 7) is 11.9. The van der Waals surface area contributed by atoms with Crippen molar-refractivity contribution >= 4 is 17.5 Å². The molecule has 3 aromatic rings. The van der Waals surface area contributed by atoms with E-state index in [1.165, 1.54) is 0 Å². The normalized spacial score (nSPS) is 18.7. The summed E-state index contributed by atoms with van der Waals surface area (Å²) in [7, 11) is 0. The molecule has 46 heavy (non-hydrogen) atoms. The summed E-state index contributed by atoms with van der Waals surface area (Å²) in [6, 6.07) is 14.5. The van der Waals surface area contributed by atoms with Gasteiger partial charge in [0.05, 0.1) is 44.9 Å². The van der Waals surface area contributed by atoms with Crippen LogP contribution in [0.2, 0.25) is 0 Å². The number of nitrogens with one attached hydrogen (secondary N) is 1. The maximum absolute atomic E-state index is 14.2. The lowest BCUT2D eigenvalue weighted by molar-refractivity contribution is -0.662. The fraction of sp³-hybridized carbons (Fsp3) is 0.528. The van der Waals surface area contributed by atoms with Crippen molar-refractivity contribution in [2.24, 2.45) is 5.92 Å². The molecule has 10 nitrogen and oxygen atoms in total. The smallest absolute Gasteiger partial charge is 0.266 e. The highest BCUT2D eigenvalue weighted by Crippen LogP contribution is 2.36. The number of H-pyrrole nitrogens is 1. The number of anilines is 1. The summed E-state index contributed by atoms with van der Waals surface area (Å²) in [6.07, 6.45) is 8.51. The van der Waals surface area contributed by atoms with Crippen LogP contribution in [0.25, 0.3) is 11.1 Å². The number of rotatable bonds is 12. The van der Waals surface area contributed by atoms with Crippen LogP contribution in [-0.4, -0.2) is 89.3 Å². The zero-order valence-corrected chi connectivity index (χ0v) is 27.5. The van der Waals surface area contributed by atoms with Crippen LogP contribution in [0.5, 0.6) is 11.5 Å². The minimum absolute atomic E-state index is 0.0224. The van der Waals surface area contributed by atoms with E-state index >= 15 is 0 Å². The maximum atomic E-state index is 14.2. The Hall–Kier alpha value is -4.05. The molecule has 2 aliphatic heterocycles. The minimum Gasteiger partial charge on any atom is -0.493 e. The fourth-order valence-corrected chi connectivity index (χ4v) is 6.64. The Balaban J connectivity index is 1.14. The van der Waals surface area contributed by atoms with Gasteiger partial charge in [-0.05, 0) is 69.7 Å². The number of amides is 2.